The SMILES string of the molecule is CC1(C)OC(=O)N(CCC#N)C1(C)O. The summed E-state index contributed by atoms with van der Waals surface area (Å²) in [4.78, 5) is 12.5. The Morgan fingerprint density at radius 1 is 1.57 bits per heavy atom. The first-order valence-corrected chi connectivity index (χ1v) is 4.43. The normalized spacial score (nSPS) is 29.9. The summed E-state index contributed by atoms with van der Waals surface area (Å²) < 4.78 is 5.00. The van der Waals surface area contributed by atoms with Gasteiger partial charge in [0.1, 0.15) is 0 Å². The molecule has 1 rings (SSSR count). The van der Waals surface area contributed by atoms with Crippen LogP contribution < -0.4 is 0 Å². The van der Waals surface area contributed by atoms with Gasteiger partial charge in [-0.05, 0) is 20.8 Å². The number of ether oxygens (including phenoxy) is 1. The van der Waals surface area contributed by atoms with Gasteiger partial charge in [-0.3, -0.25) is 4.90 Å². The van der Waals surface area contributed by atoms with Crippen LogP contribution in [0.25, 0.3) is 0 Å². The minimum atomic E-state index is -1.36. The largest absolute Gasteiger partial charge is 0.438 e. The van der Waals surface area contributed by atoms with Gasteiger partial charge in [-0.2, -0.15) is 5.26 Å². The summed E-state index contributed by atoms with van der Waals surface area (Å²) in [5.41, 5.74) is -2.31. The fourth-order valence-electron chi connectivity index (χ4n) is 1.34. The maximum absolute atomic E-state index is 11.3. The number of carbonyl (C=O) groups is 1. The van der Waals surface area contributed by atoms with Crippen molar-refractivity contribution in [3.63, 3.8) is 0 Å². The molecule has 0 aromatic heterocycles. The maximum atomic E-state index is 11.3. The fraction of sp³-hybridized carbons (Fsp3) is 0.778. The third-order valence-electron chi connectivity index (χ3n) is 2.68. The van der Waals surface area contributed by atoms with Crippen LogP contribution in [0.4, 0.5) is 4.79 Å². The number of nitrogens with zero attached hydrogens (tertiary/aromatic N) is 2. The highest BCUT2D eigenvalue weighted by Gasteiger charge is 2.56. The first kappa shape index (κ1) is 10.8. The minimum Gasteiger partial charge on any atom is -0.438 e. The topological polar surface area (TPSA) is 73.6 Å². The highest BCUT2D eigenvalue weighted by atomic mass is 16.6. The number of amides is 1. The average molecular weight is 198 g/mol. The van der Waals surface area contributed by atoms with E-state index >= 15 is 0 Å². The first-order valence-electron chi connectivity index (χ1n) is 4.43. The van der Waals surface area contributed by atoms with Crippen LogP contribution in [0.5, 0.6) is 0 Å². The summed E-state index contributed by atoms with van der Waals surface area (Å²) in [7, 11) is 0. The molecule has 1 aliphatic rings. The lowest BCUT2D eigenvalue weighted by molar-refractivity contribution is -0.126. The highest BCUT2D eigenvalue weighted by molar-refractivity contribution is 5.72. The van der Waals surface area contributed by atoms with E-state index in [1.807, 2.05) is 6.07 Å². The van der Waals surface area contributed by atoms with Gasteiger partial charge in [0.05, 0.1) is 12.5 Å². The second-order valence-electron chi connectivity index (χ2n) is 3.96. The summed E-state index contributed by atoms with van der Waals surface area (Å²) in [5.74, 6) is 0. The van der Waals surface area contributed by atoms with Crippen LogP contribution in [-0.4, -0.2) is 34.0 Å². The molecule has 0 saturated carbocycles. The Kier molecular flexibility index (Phi) is 2.42. The van der Waals surface area contributed by atoms with E-state index in [9.17, 15) is 9.90 Å². The Labute approximate surface area is 82.9 Å². The molecule has 0 aromatic carbocycles. The zero-order valence-corrected chi connectivity index (χ0v) is 8.57. The van der Waals surface area contributed by atoms with E-state index in [1.165, 1.54) is 11.8 Å². The van der Waals surface area contributed by atoms with Gasteiger partial charge in [0.25, 0.3) is 0 Å². The second-order valence-corrected chi connectivity index (χ2v) is 3.96. The van der Waals surface area contributed by atoms with E-state index < -0.39 is 17.4 Å². The molecule has 5 heteroatoms. The minimum absolute atomic E-state index is 0.182. The molecular weight excluding hydrogens is 184 g/mol. The molecule has 0 radical (unpaired) electrons. The van der Waals surface area contributed by atoms with Gasteiger partial charge in [-0.15, -0.1) is 0 Å². The van der Waals surface area contributed by atoms with Gasteiger partial charge in [0.15, 0.2) is 11.3 Å². The average Bonchev–Trinajstić information content (AvgIpc) is 2.16. The number of hydrogen-bond acceptors (Lipinski definition) is 4. The summed E-state index contributed by atoms with van der Waals surface area (Å²) >= 11 is 0. The molecule has 1 aliphatic heterocycles. The van der Waals surface area contributed by atoms with Crippen molar-refractivity contribution in [2.45, 2.75) is 38.5 Å². The van der Waals surface area contributed by atoms with E-state index in [0.717, 1.165) is 0 Å². The number of carbonyl (C=O) groups excluding carboxylic acids is 1. The van der Waals surface area contributed by atoms with E-state index in [-0.39, 0.29) is 13.0 Å². The number of cyclic esters (lactones) is 1. The van der Waals surface area contributed by atoms with Crippen molar-refractivity contribution in [3.05, 3.63) is 0 Å². The third kappa shape index (κ3) is 1.42. The molecule has 1 fully saturated rings. The maximum Gasteiger partial charge on any atom is 0.412 e. The molecule has 0 bridgehead atoms. The van der Waals surface area contributed by atoms with Crippen molar-refractivity contribution in [1.82, 2.24) is 4.90 Å². The lowest BCUT2D eigenvalue weighted by atomic mass is 9.96. The lowest BCUT2D eigenvalue weighted by Crippen LogP contribution is -2.53. The van der Waals surface area contributed by atoms with Crippen LogP contribution in [0, 0.1) is 11.3 Å². The zero-order valence-electron chi connectivity index (χ0n) is 8.57. The van der Waals surface area contributed by atoms with Gasteiger partial charge in [0.2, 0.25) is 0 Å². The molecule has 5 nitrogen and oxygen atoms in total. The predicted molar refractivity (Wildman–Crippen MR) is 48.1 cm³/mol. The van der Waals surface area contributed by atoms with Gasteiger partial charge in [0, 0.05) is 6.54 Å². The summed E-state index contributed by atoms with van der Waals surface area (Å²) in [6.45, 7) is 4.97. The molecule has 0 spiro atoms. The molecule has 1 saturated heterocycles. The molecule has 1 heterocycles. The highest BCUT2D eigenvalue weighted by Crippen LogP contribution is 2.36. The standard InChI is InChI=1S/C9H14N2O3/c1-8(2)9(3,13)11(6-4-5-10)7(12)14-8/h13H,4,6H2,1-3H3. The van der Waals surface area contributed by atoms with Crippen LogP contribution in [0.1, 0.15) is 27.2 Å². The molecule has 14 heavy (non-hydrogen) atoms. The summed E-state index contributed by atoms with van der Waals surface area (Å²) in [6.07, 6.45) is -0.392. The number of aliphatic hydroxyl groups is 1. The molecule has 1 unspecified atom stereocenters. The Balaban J connectivity index is 2.86. The predicted octanol–water partition coefficient (Wildman–Crippen LogP) is 0.839. The molecule has 0 aliphatic carbocycles. The zero-order chi connectivity index (χ0) is 11.0. The molecule has 1 N–H and O–H groups in total. The number of rotatable bonds is 2. The van der Waals surface area contributed by atoms with Crippen molar-refractivity contribution in [3.8, 4) is 6.07 Å². The van der Waals surface area contributed by atoms with Crippen molar-refractivity contribution in [2.75, 3.05) is 6.54 Å². The molecule has 0 aromatic rings. The summed E-state index contributed by atoms with van der Waals surface area (Å²) in [6, 6.07) is 1.92. The van der Waals surface area contributed by atoms with Gasteiger partial charge in [-0.1, -0.05) is 0 Å². The van der Waals surface area contributed by atoms with Crippen LogP contribution in [0.3, 0.4) is 0 Å². The van der Waals surface area contributed by atoms with E-state index in [2.05, 4.69) is 0 Å². The van der Waals surface area contributed by atoms with E-state index in [0.29, 0.717) is 0 Å². The Morgan fingerprint density at radius 3 is 2.50 bits per heavy atom. The molecule has 78 valence electrons. The van der Waals surface area contributed by atoms with Crippen molar-refractivity contribution >= 4 is 6.09 Å². The van der Waals surface area contributed by atoms with Gasteiger partial charge >= 0.3 is 6.09 Å². The van der Waals surface area contributed by atoms with Gasteiger partial charge in [-0.25, -0.2) is 4.79 Å². The van der Waals surface area contributed by atoms with Gasteiger partial charge < -0.3 is 9.84 Å². The van der Waals surface area contributed by atoms with Crippen LogP contribution in [0.2, 0.25) is 0 Å². The smallest absolute Gasteiger partial charge is 0.412 e. The third-order valence-corrected chi connectivity index (χ3v) is 2.68. The fourth-order valence-corrected chi connectivity index (χ4v) is 1.34. The van der Waals surface area contributed by atoms with Crippen LogP contribution in [-0.2, 0) is 4.74 Å². The monoisotopic (exact) mass is 198 g/mol. The molecule has 1 amide bonds. The Hall–Kier alpha value is -1.28. The van der Waals surface area contributed by atoms with Crippen molar-refractivity contribution < 1.29 is 14.6 Å². The van der Waals surface area contributed by atoms with E-state index in [4.69, 9.17) is 10.00 Å². The molecule has 1 atom stereocenters. The van der Waals surface area contributed by atoms with E-state index in [1.54, 1.807) is 13.8 Å². The Morgan fingerprint density at radius 2 is 2.14 bits per heavy atom. The summed E-state index contributed by atoms with van der Waals surface area (Å²) in [5, 5.41) is 18.5. The second kappa shape index (κ2) is 3.14. The molecular formula is C9H14N2O3. The first-order chi connectivity index (χ1) is 6.33. The van der Waals surface area contributed by atoms with Crippen molar-refractivity contribution in [1.29, 1.82) is 5.26 Å². The van der Waals surface area contributed by atoms with Crippen LogP contribution >= 0.6 is 0 Å². The van der Waals surface area contributed by atoms with Crippen molar-refractivity contribution in [2.24, 2.45) is 0 Å². The Bertz CT molecular complexity index is 291. The van der Waals surface area contributed by atoms with Crippen LogP contribution in [0.15, 0.2) is 0 Å². The lowest BCUT2D eigenvalue weighted by Gasteiger charge is -2.34. The number of nitriles is 1. The number of hydrogen-bond donors (Lipinski definition) is 1. The quantitative estimate of drug-likeness (QED) is 0.713.